The molecular formula is C12H17O4PS. The standard InChI is InChI=1S/C12H17O4PS/c1-14-11-7-9(8-12(13)15-2)5-6-10(11)16-17(3,4)18/h5-7H,8H2,1-4H3. The lowest BCUT2D eigenvalue weighted by atomic mass is 10.1. The third-order valence-electron chi connectivity index (χ3n) is 2.12. The average Bonchev–Trinajstić information content (AvgIpc) is 2.29. The first-order valence-electron chi connectivity index (χ1n) is 5.34. The van der Waals surface area contributed by atoms with Gasteiger partial charge in [-0.1, -0.05) is 17.9 Å². The molecule has 1 rings (SSSR count). The van der Waals surface area contributed by atoms with Crippen molar-refractivity contribution in [3.8, 4) is 11.5 Å². The van der Waals surface area contributed by atoms with Gasteiger partial charge in [-0.2, -0.15) is 0 Å². The quantitative estimate of drug-likeness (QED) is 0.615. The average molecular weight is 288 g/mol. The Kier molecular flexibility index (Phi) is 5.17. The summed E-state index contributed by atoms with van der Waals surface area (Å²) in [4.78, 5) is 11.2. The van der Waals surface area contributed by atoms with Gasteiger partial charge in [0, 0.05) is 0 Å². The van der Waals surface area contributed by atoms with Crippen LogP contribution in [0.5, 0.6) is 11.5 Å². The highest BCUT2D eigenvalue weighted by Crippen LogP contribution is 2.43. The molecule has 0 aliphatic heterocycles. The Morgan fingerprint density at radius 3 is 2.44 bits per heavy atom. The highest BCUT2D eigenvalue weighted by molar-refractivity contribution is 8.11. The molecule has 0 fully saturated rings. The molecule has 0 saturated heterocycles. The minimum Gasteiger partial charge on any atom is -0.493 e. The van der Waals surface area contributed by atoms with E-state index in [2.05, 4.69) is 4.74 Å². The Morgan fingerprint density at radius 2 is 1.94 bits per heavy atom. The van der Waals surface area contributed by atoms with Gasteiger partial charge in [-0.05, 0) is 31.0 Å². The summed E-state index contributed by atoms with van der Waals surface area (Å²) in [6.45, 7) is 3.79. The van der Waals surface area contributed by atoms with E-state index in [-0.39, 0.29) is 12.4 Å². The van der Waals surface area contributed by atoms with Crippen LogP contribution < -0.4 is 9.26 Å². The number of esters is 1. The zero-order chi connectivity index (χ0) is 13.8. The summed E-state index contributed by atoms with van der Waals surface area (Å²) < 4.78 is 15.6. The van der Waals surface area contributed by atoms with E-state index in [0.29, 0.717) is 11.5 Å². The Morgan fingerprint density at radius 1 is 1.28 bits per heavy atom. The number of ether oxygens (including phenoxy) is 2. The van der Waals surface area contributed by atoms with Crippen LogP contribution in [0.4, 0.5) is 0 Å². The third-order valence-corrected chi connectivity index (χ3v) is 2.98. The molecule has 4 nitrogen and oxygen atoms in total. The van der Waals surface area contributed by atoms with Crippen LogP contribution in [-0.2, 0) is 27.8 Å². The first kappa shape index (κ1) is 15.0. The second-order valence-electron chi connectivity index (χ2n) is 4.08. The Hall–Kier alpha value is -1.06. The number of methoxy groups -OCH3 is 2. The van der Waals surface area contributed by atoms with Gasteiger partial charge in [-0.15, -0.1) is 0 Å². The molecule has 0 N–H and O–H groups in total. The molecule has 1 aromatic rings. The molecule has 0 heterocycles. The van der Waals surface area contributed by atoms with Crippen LogP contribution >= 0.6 is 6.26 Å². The first-order chi connectivity index (χ1) is 8.35. The highest BCUT2D eigenvalue weighted by atomic mass is 32.4. The van der Waals surface area contributed by atoms with Crippen molar-refractivity contribution in [3.05, 3.63) is 23.8 Å². The number of hydrogen-bond acceptors (Lipinski definition) is 5. The molecule has 0 aliphatic carbocycles. The smallest absolute Gasteiger partial charge is 0.309 e. The van der Waals surface area contributed by atoms with Crippen LogP contribution in [-0.4, -0.2) is 33.5 Å². The van der Waals surface area contributed by atoms with Gasteiger partial charge in [0.1, 0.15) is 6.26 Å². The zero-order valence-electron chi connectivity index (χ0n) is 10.9. The van der Waals surface area contributed by atoms with E-state index in [1.165, 1.54) is 7.11 Å². The number of rotatable bonds is 5. The maximum Gasteiger partial charge on any atom is 0.309 e. The predicted molar refractivity (Wildman–Crippen MR) is 75.5 cm³/mol. The molecule has 0 radical (unpaired) electrons. The number of benzene rings is 1. The predicted octanol–water partition coefficient (Wildman–Crippen LogP) is 2.44. The number of carbonyl (C=O) groups excluding carboxylic acids is 1. The Balaban J connectivity index is 2.96. The topological polar surface area (TPSA) is 44.8 Å². The van der Waals surface area contributed by atoms with E-state index in [1.54, 1.807) is 25.3 Å². The molecule has 0 unspecified atom stereocenters. The van der Waals surface area contributed by atoms with Crippen LogP contribution in [0.25, 0.3) is 0 Å². The van der Waals surface area contributed by atoms with Crippen LogP contribution in [0, 0.1) is 0 Å². The van der Waals surface area contributed by atoms with Crippen LogP contribution in [0.3, 0.4) is 0 Å². The summed E-state index contributed by atoms with van der Waals surface area (Å²) in [5.41, 5.74) is 0.812. The van der Waals surface area contributed by atoms with Crippen molar-refractivity contribution in [3.63, 3.8) is 0 Å². The molecule has 0 amide bonds. The summed E-state index contributed by atoms with van der Waals surface area (Å²) >= 11 is 5.26. The van der Waals surface area contributed by atoms with E-state index in [9.17, 15) is 4.79 Å². The molecule has 0 saturated carbocycles. The molecule has 0 spiro atoms. The van der Waals surface area contributed by atoms with E-state index >= 15 is 0 Å². The van der Waals surface area contributed by atoms with Crippen LogP contribution in [0.2, 0.25) is 0 Å². The van der Waals surface area contributed by atoms with Gasteiger partial charge >= 0.3 is 5.97 Å². The van der Waals surface area contributed by atoms with Gasteiger partial charge < -0.3 is 14.0 Å². The summed E-state index contributed by atoms with van der Waals surface area (Å²) in [6.07, 6.45) is -1.61. The third kappa shape index (κ3) is 4.67. The molecule has 0 bridgehead atoms. The molecule has 6 heteroatoms. The molecule has 0 atom stereocenters. The van der Waals surface area contributed by atoms with Crippen LogP contribution in [0.1, 0.15) is 5.56 Å². The number of hydrogen-bond donors (Lipinski definition) is 0. The monoisotopic (exact) mass is 288 g/mol. The zero-order valence-corrected chi connectivity index (χ0v) is 12.6. The van der Waals surface area contributed by atoms with Gasteiger partial charge in [0.05, 0.1) is 20.6 Å². The van der Waals surface area contributed by atoms with Gasteiger partial charge in [0.15, 0.2) is 11.5 Å². The largest absolute Gasteiger partial charge is 0.493 e. The van der Waals surface area contributed by atoms with Gasteiger partial charge in [0.25, 0.3) is 0 Å². The minimum absolute atomic E-state index is 0.208. The lowest BCUT2D eigenvalue weighted by Gasteiger charge is -2.16. The summed E-state index contributed by atoms with van der Waals surface area (Å²) in [7, 11) is 2.92. The fourth-order valence-electron chi connectivity index (χ4n) is 1.37. The molecule has 100 valence electrons. The van der Waals surface area contributed by atoms with Crippen molar-refractivity contribution in [1.82, 2.24) is 0 Å². The summed E-state index contributed by atoms with van der Waals surface area (Å²) in [6, 6.07) is 5.34. The maximum atomic E-state index is 11.2. The molecular weight excluding hydrogens is 271 g/mol. The van der Waals surface area contributed by atoms with Gasteiger partial charge in [-0.25, -0.2) is 0 Å². The fraction of sp³-hybridized carbons (Fsp3) is 0.417. The van der Waals surface area contributed by atoms with E-state index in [0.717, 1.165) is 5.56 Å². The van der Waals surface area contributed by atoms with Crippen molar-refractivity contribution in [2.45, 2.75) is 6.42 Å². The number of carbonyl (C=O) groups is 1. The van der Waals surface area contributed by atoms with Gasteiger partial charge in [-0.3, -0.25) is 4.79 Å². The van der Waals surface area contributed by atoms with Crippen LogP contribution in [0.15, 0.2) is 18.2 Å². The first-order valence-corrected chi connectivity index (χ1v) is 8.95. The van der Waals surface area contributed by atoms with E-state index < -0.39 is 6.26 Å². The minimum atomic E-state index is -1.81. The van der Waals surface area contributed by atoms with E-state index in [4.69, 9.17) is 21.1 Å². The fourth-order valence-corrected chi connectivity index (χ4v) is 2.24. The van der Waals surface area contributed by atoms with Crippen molar-refractivity contribution >= 4 is 24.0 Å². The van der Waals surface area contributed by atoms with Gasteiger partial charge in [0.2, 0.25) is 0 Å². The molecule has 1 aromatic carbocycles. The summed E-state index contributed by atoms with van der Waals surface area (Å²) in [5, 5.41) is 0. The van der Waals surface area contributed by atoms with E-state index in [1.807, 2.05) is 13.3 Å². The second-order valence-corrected chi connectivity index (χ2v) is 9.41. The lowest BCUT2D eigenvalue weighted by Crippen LogP contribution is -2.04. The molecule has 0 aliphatic rings. The normalized spacial score (nSPS) is 10.9. The maximum absolute atomic E-state index is 11.2. The van der Waals surface area contributed by atoms with Crippen molar-refractivity contribution in [2.24, 2.45) is 0 Å². The summed E-state index contributed by atoms with van der Waals surface area (Å²) in [5.74, 6) is 0.899. The molecule has 0 aromatic heterocycles. The molecule has 18 heavy (non-hydrogen) atoms. The SMILES string of the molecule is COC(=O)Cc1ccc(OP(C)(C)=S)c(OC)c1. The van der Waals surface area contributed by atoms with Crippen molar-refractivity contribution in [2.75, 3.05) is 27.5 Å². The second kappa shape index (κ2) is 6.21. The van der Waals surface area contributed by atoms with Crippen molar-refractivity contribution in [1.29, 1.82) is 0 Å². The highest BCUT2D eigenvalue weighted by Gasteiger charge is 2.12. The lowest BCUT2D eigenvalue weighted by molar-refractivity contribution is -0.139. The Labute approximate surface area is 112 Å². The Bertz CT molecular complexity index is 481. The van der Waals surface area contributed by atoms with Crippen molar-refractivity contribution < 1.29 is 18.8 Å².